The van der Waals surface area contributed by atoms with E-state index in [-0.39, 0.29) is 6.04 Å². The van der Waals surface area contributed by atoms with Gasteiger partial charge in [-0.3, -0.25) is 0 Å². The maximum Gasteiger partial charge on any atom is 0.144 e. The quantitative estimate of drug-likeness (QED) is 0.818. The van der Waals surface area contributed by atoms with Crippen molar-refractivity contribution in [3.63, 3.8) is 0 Å². The highest BCUT2D eigenvalue weighted by Crippen LogP contribution is 2.18. The van der Waals surface area contributed by atoms with Crippen molar-refractivity contribution in [2.24, 2.45) is 0 Å². The lowest BCUT2D eigenvalue weighted by Gasteiger charge is -2.17. The number of nitrogens with zero attached hydrogens (tertiary/aromatic N) is 2. The topological polar surface area (TPSA) is 47.0 Å². The number of anilines is 1. The van der Waals surface area contributed by atoms with Gasteiger partial charge in [-0.1, -0.05) is 0 Å². The maximum atomic E-state index is 5.70. The Labute approximate surface area is 103 Å². The molecule has 1 N–H and O–H groups in total. The monoisotopic (exact) mass is 293 g/mol. The number of hydrogen-bond acceptors (Lipinski definition) is 4. The number of hydrogen-bond donors (Lipinski definition) is 1. The Morgan fingerprint density at radius 3 is 3.07 bits per heavy atom. The number of aromatic nitrogens is 2. The van der Waals surface area contributed by atoms with Crippen LogP contribution in [0.5, 0.6) is 0 Å². The third-order valence-corrected chi connectivity index (χ3v) is 2.63. The Morgan fingerprint density at radius 1 is 1.67 bits per heavy atom. The molecule has 1 rings (SSSR count). The molecule has 1 aromatic heterocycles. The summed E-state index contributed by atoms with van der Waals surface area (Å²) in [5.41, 5.74) is 0. The van der Waals surface area contributed by atoms with Crippen LogP contribution in [-0.4, -0.2) is 35.6 Å². The van der Waals surface area contributed by atoms with E-state index in [0.717, 1.165) is 16.7 Å². The van der Waals surface area contributed by atoms with Gasteiger partial charge < -0.3 is 10.1 Å². The van der Waals surface area contributed by atoms with Crippen LogP contribution < -0.4 is 5.32 Å². The minimum absolute atomic E-state index is 0.165. The SMILES string of the molecule is COCC(CCCl)Nc1ncncc1Br. The molecule has 1 atom stereocenters. The molecule has 0 aliphatic rings. The van der Waals surface area contributed by atoms with Crippen molar-refractivity contribution in [1.29, 1.82) is 0 Å². The highest BCUT2D eigenvalue weighted by Gasteiger charge is 2.10. The zero-order valence-corrected chi connectivity index (χ0v) is 10.8. The summed E-state index contributed by atoms with van der Waals surface area (Å²) in [4.78, 5) is 8.00. The molecular formula is C9H13BrClN3O. The Hall–Kier alpha value is -0.390. The molecule has 1 unspecified atom stereocenters. The van der Waals surface area contributed by atoms with E-state index in [1.807, 2.05) is 0 Å². The van der Waals surface area contributed by atoms with Gasteiger partial charge in [0.05, 0.1) is 17.1 Å². The van der Waals surface area contributed by atoms with E-state index in [1.165, 1.54) is 6.33 Å². The number of nitrogens with one attached hydrogen (secondary N) is 1. The van der Waals surface area contributed by atoms with Crippen LogP contribution in [0.4, 0.5) is 5.82 Å². The summed E-state index contributed by atoms with van der Waals surface area (Å²) in [7, 11) is 1.66. The summed E-state index contributed by atoms with van der Waals surface area (Å²) in [6.45, 7) is 0.600. The van der Waals surface area contributed by atoms with Gasteiger partial charge in [0.25, 0.3) is 0 Å². The van der Waals surface area contributed by atoms with Crippen LogP contribution in [0.3, 0.4) is 0 Å². The lowest BCUT2D eigenvalue weighted by Crippen LogP contribution is -2.26. The summed E-state index contributed by atoms with van der Waals surface area (Å²) in [5.74, 6) is 1.35. The van der Waals surface area contributed by atoms with E-state index < -0.39 is 0 Å². The fraction of sp³-hybridized carbons (Fsp3) is 0.556. The molecule has 1 heterocycles. The van der Waals surface area contributed by atoms with Crippen molar-refractivity contribution in [3.8, 4) is 0 Å². The van der Waals surface area contributed by atoms with E-state index >= 15 is 0 Å². The normalized spacial score (nSPS) is 12.5. The lowest BCUT2D eigenvalue weighted by atomic mass is 10.2. The molecule has 0 aliphatic carbocycles. The van der Waals surface area contributed by atoms with Gasteiger partial charge in [0.15, 0.2) is 0 Å². The summed E-state index contributed by atoms with van der Waals surface area (Å²) < 4.78 is 5.92. The Balaban J connectivity index is 2.60. The fourth-order valence-electron chi connectivity index (χ4n) is 1.14. The number of rotatable bonds is 6. The molecule has 0 saturated heterocycles. The molecule has 1 aromatic rings. The molecule has 0 bridgehead atoms. The van der Waals surface area contributed by atoms with E-state index in [4.69, 9.17) is 16.3 Å². The largest absolute Gasteiger partial charge is 0.383 e. The molecular weight excluding hydrogens is 281 g/mol. The van der Waals surface area contributed by atoms with Crippen LogP contribution in [0.1, 0.15) is 6.42 Å². The van der Waals surface area contributed by atoms with Crippen molar-refractivity contribution >= 4 is 33.3 Å². The van der Waals surface area contributed by atoms with Gasteiger partial charge in [0, 0.05) is 19.2 Å². The van der Waals surface area contributed by atoms with Crippen LogP contribution in [0, 0.1) is 0 Å². The van der Waals surface area contributed by atoms with Crippen LogP contribution in [-0.2, 0) is 4.74 Å². The second-order valence-electron chi connectivity index (χ2n) is 2.99. The first-order chi connectivity index (χ1) is 7.27. The zero-order valence-electron chi connectivity index (χ0n) is 8.41. The zero-order chi connectivity index (χ0) is 11.1. The minimum atomic E-state index is 0.165. The summed E-state index contributed by atoms with van der Waals surface area (Å²) >= 11 is 9.06. The predicted molar refractivity (Wildman–Crippen MR) is 64.4 cm³/mol. The van der Waals surface area contributed by atoms with Crippen molar-refractivity contribution in [2.75, 3.05) is 24.9 Å². The van der Waals surface area contributed by atoms with Crippen molar-refractivity contribution < 1.29 is 4.74 Å². The van der Waals surface area contributed by atoms with E-state index in [9.17, 15) is 0 Å². The predicted octanol–water partition coefficient (Wildman–Crippen LogP) is 2.29. The molecule has 0 radical (unpaired) electrons. The smallest absolute Gasteiger partial charge is 0.144 e. The summed E-state index contributed by atoms with van der Waals surface area (Å²) in [6.07, 6.45) is 4.02. The fourth-order valence-corrected chi connectivity index (χ4v) is 1.74. The second-order valence-corrected chi connectivity index (χ2v) is 4.23. The van der Waals surface area contributed by atoms with E-state index in [2.05, 4.69) is 31.2 Å². The molecule has 0 amide bonds. The second kappa shape index (κ2) is 6.98. The molecule has 0 spiro atoms. The molecule has 6 heteroatoms. The third-order valence-electron chi connectivity index (χ3n) is 1.83. The van der Waals surface area contributed by atoms with Gasteiger partial charge in [-0.15, -0.1) is 11.6 Å². The third kappa shape index (κ3) is 4.32. The van der Waals surface area contributed by atoms with Crippen molar-refractivity contribution in [1.82, 2.24) is 9.97 Å². The number of methoxy groups -OCH3 is 1. The van der Waals surface area contributed by atoms with Crippen molar-refractivity contribution in [2.45, 2.75) is 12.5 Å². The lowest BCUT2D eigenvalue weighted by molar-refractivity contribution is 0.184. The first-order valence-electron chi connectivity index (χ1n) is 4.55. The molecule has 0 fully saturated rings. The minimum Gasteiger partial charge on any atom is -0.383 e. The van der Waals surface area contributed by atoms with Gasteiger partial charge in [0.2, 0.25) is 0 Å². The Kier molecular flexibility index (Phi) is 5.90. The molecule has 0 aliphatic heterocycles. The first-order valence-corrected chi connectivity index (χ1v) is 5.87. The summed E-state index contributed by atoms with van der Waals surface area (Å²) in [5, 5.41) is 3.24. The molecule has 84 valence electrons. The number of ether oxygens (including phenoxy) is 1. The van der Waals surface area contributed by atoms with Gasteiger partial charge >= 0.3 is 0 Å². The van der Waals surface area contributed by atoms with Gasteiger partial charge in [-0.25, -0.2) is 9.97 Å². The van der Waals surface area contributed by atoms with E-state index in [1.54, 1.807) is 13.3 Å². The standard InChI is InChI=1S/C9H13BrClN3O/c1-15-5-7(2-3-11)14-9-8(10)4-12-6-13-9/h4,6-7H,2-3,5H2,1H3,(H,12,13,14). The number of halogens is 2. The summed E-state index contributed by atoms with van der Waals surface area (Å²) in [6, 6.07) is 0.165. The number of alkyl halides is 1. The maximum absolute atomic E-state index is 5.70. The van der Waals surface area contributed by atoms with Crippen molar-refractivity contribution in [3.05, 3.63) is 17.0 Å². The van der Waals surface area contributed by atoms with Gasteiger partial charge in [-0.2, -0.15) is 0 Å². The Morgan fingerprint density at radius 2 is 2.47 bits per heavy atom. The molecule has 4 nitrogen and oxygen atoms in total. The molecule has 0 aromatic carbocycles. The highest BCUT2D eigenvalue weighted by atomic mass is 79.9. The molecule has 0 saturated carbocycles. The first kappa shape index (κ1) is 12.7. The average molecular weight is 295 g/mol. The van der Waals surface area contributed by atoms with Crippen LogP contribution >= 0.6 is 27.5 Å². The van der Waals surface area contributed by atoms with Crippen LogP contribution in [0.25, 0.3) is 0 Å². The average Bonchev–Trinajstić information content (AvgIpc) is 2.22. The van der Waals surface area contributed by atoms with Crippen LogP contribution in [0.2, 0.25) is 0 Å². The van der Waals surface area contributed by atoms with Gasteiger partial charge in [-0.05, 0) is 22.4 Å². The van der Waals surface area contributed by atoms with Gasteiger partial charge in [0.1, 0.15) is 12.1 Å². The van der Waals surface area contributed by atoms with Crippen LogP contribution in [0.15, 0.2) is 17.0 Å². The Bertz CT molecular complexity index is 294. The molecule has 15 heavy (non-hydrogen) atoms. The van der Waals surface area contributed by atoms with E-state index in [0.29, 0.717) is 12.5 Å². The highest BCUT2D eigenvalue weighted by molar-refractivity contribution is 9.10.